The lowest BCUT2D eigenvalue weighted by atomic mass is 9.96. The smallest absolute Gasteiger partial charge is 0.350 e. The zero-order chi connectivity index (χ0) is 28.9. The van der Waals surface area contributed by atoms with E-state index in [1.165, 1.54) is 22.9 Å². The van der Waals surface area contributed by atoms with Crippen molar-refractivity contribution in [2.75, 3.05) is 20.8 Å². The highest BCUT2D eigenvalue weighted by Crippen LogP contribution is 2.26. The molecule has 2 aromatic heterocycles. The van der Waals surface area contributed by atoms with Gasteiger partial charge in [-0.25, -0.2) is 4.79 Å². The topological polar surface area (TPSA) is 115 Å². The van der Waals surface area contributed by atoms with Crippen molar-refractivity contribution in [3.63, 3.8) is 0 Å². The van der Waals surface area contributed by atoms with Gasteiger partial charge in [0.25, 0.3) is 6.47 Å². The molecule has 0 fully saturated rings. The second-order valence-corrected chi connectivity index (χ2v) is 9.90. The second kappa shape index (κ2) is 21.1. The zero-order valence-electron chi connectivity index (χ0n) is 23.9. The molecule has 2 aromatic rings. The van der Waals surface area contributed by atoms with E-state index in [2.05, 4.69) is 36.0 Å². The monoisotopic (exact) mass is 551 g/mol. The fourth-order valence-electron chi connectivity index (χ4n) is 3.10. The molecule has 0 saturated carbocycles. The summed E-state index contributed by atoms with van der Waals surface area (Å²) >= 11 is 1.86. The van der Waals surface area contributed by atoms with Crippen molar-refractivity contribution >= 4 is 23.6 Å². The van der Waals surface area contributed by atoms with Gasteiger partial charge in [-0.2, -0.15) is 0 Å². The Morgan fingerprint density at radius 2 is 1.87 bits per heavy atom. The van der Waals surface area contributed by atoms with Gasteiger partial charge in [0.05, 0.1) is 13.7 Å². The number of Topliss-reactive ketones (excluding diaryl/α,β-unsaturated/α-hetero) is 1. The minimum absolute atomic E-state index is 0.0205. The average molecular weight is 552 g/mol. The van der Waals surface area contributed by atoms with Crippen LogP contribution < -0.4 is 10.9 Å². The minimum atomic E-state index is -0.752. The summed E-state index contributed by atoms with van der Waals surface area (Å²) < 4.78 is 14.5. The van der Waals surface area contributed by atoms with E-state index >= 15 is 0 Å². The van der Waals surface area contributed by atoms with Gasteiger partial charge in [0.15, 0.2) is 5.78 Å². The highest BCUT2D eigenvalue weighted by molar-refractivity contribution is 7.11. The summed E-state index contributed by atoms with van der Waals surface area (Å²) in [5.74, 6) is -0.586. The molecule has 2 heterocycles. The van der Waals surface area contributed by atoms with Crippen molar-refractivity contribution in [1.82, 2.24) is 5.32 Å². The summed E-state index contributed by atoms with van der Waals surface area (Å²) in [5, 5.41) is 12.9. The molecule has 0 aliphatic carbocycles. The first kappa shape index (κ1) is 35.1. The van der Waals surface area contributed by atoms with E-state index in [0.29, 0.717) is 18.7 Å². The number of thiophene rings is 1. The van der Waals surface area contributed by atoms with Crippen LogP contribution in [0.25, 0.3) is 0 Å². The Morgan fingerprint density at radius 3 is 2.37 bits per heavy atom. The van der Waals surface area contributed by atoms with Gasteiger partial charge >= 0.3 is 5.63 Å². The highest BCUT2D eigenvalue weighted by Gasteiger charge is 2.24. The molecular formula is C29H45NO7S. The summed E-state index contributed by atoms with van der Waals surface area (Å²) in [5.41, 5.74) is -0.988. The first-order chi connectivity index (χ1) is 18.2. The molecule has 8 nitrogen and oxygen atoms in total. The Morgan fingerprint density at radius 1 is 1.21 bits per heavy atom. The standard InChI is InChI=1S/C17H25NO4.C10H16OS.C2H4O2/c1-5-11(2)16(20)15-13(19)10-14(22-17(15)21)12(3)8-6-7-9-18-4;1-3-7-11-8-10-6-5-9(4-2)12-10;1-4-2-3/h7,9-12,18-19H,5-6,8H2,1-4H3;5-6H,3-4,7-8H2,1-2H3;2H,1H3/b9-7+;;. The van der Waals surface area contributed by atoms with Crippen LogP contribution in [0.5, 0.6) is 5.75 Å². The van der Waals surface area contributed by atoms with Crippen LogP contribution in [0.2, 0.25) is 0 Å². The van der Waals surface area contributed by atoms with E-state index in [1.54, 1.807) is 6.92 Å². The lowest BCUT2D eigenvalue weighted by Crippen LogP contribution is -2.20. The number of methoxy groups -OCH3 is 1. The number of carbonyl (C=O) groups excluding carboxylic acids is 2. The maximum absolute atomic E-state index is 12.1. The van der Waals surface area contributed by atoms with Crippen LogP contribution in [0, 0.1) is 5.92 Å². The lowest BCUT2D eigenvalue weighted by Gasteiger charge is -2.12. The highest BCUT2D eigenvalue weighted by atomic mass is 32.1. The molecule has 0 bridgehead atoms. The van der Waals surface area contributed by atoms with Crippen LogP contribution >= 0.6 is 11.3 Å². The third-order valence-electron chi connectivity index (χ3n) is 5.55. The number of rotatable bonds is 14. The van der Waals surface area contributed by atoms with E-state index in [9.17, 15) is 14.7 Å². The summed E-state index contributed by atoms with van der Waals surface area (Å²) in [6.45, 7) is 11.9. The van der Waals surface area contributed by atoms with E-state index in [4.69, 9.17) is 13.9 Å². The molecule has 214 valence electrons. The van der Waals surface area contributed by atoms with Gasteiger partial charge in [-0.1, -0.05) is 40.7 Å². The molecule has 2 rings (SSSR count). The third kappa shape index (κ3) is 13.6. The van der Waals surface area contributed by atoms with E-state index in [1.807, 2.05) is 44.5 Å². The largest absolute Gasteiger partial charge is 0.507 e. The van der Waals surface area contributed by atoms with Crippen LogP contribution in [-0.2, 0) is 27.3 Å². The summed E-state index contributed by atoms with van der Waals surface area (Å²) in [4.78, 5) is 35.9. The molecule has 0 amide bonds. The fourth-order valence-corrected chi connectivity index (χ4v) is 3.99. The van der Waals surface area contributed by atoms with E-state index in [0.717, 1.165) is 38.9 Å². The van der Waals surface area contributed by atoms with Crippen molar-refractivity contribution in [3.8, 4) is 5.75 Å². The van der Waals surface area contributed by atoms with Crippen LogP contribution in [-0.4, -0.2) is 38.1 Å². The van der Waals surface area contributed by atoms with Crippen molar-refractivity contribution in [3.05, 3.63) is 62.0 Å². The molecule has 0 radical (unpaired) electrons. The first-order valence-corrected chi connectivity index (χ1v) is 13.9. The molecule has 38 heavy (non-hydrogen) atoms. The number of ketones is 1. The van der Waals surface area contributed by atoms with Gasteiger partial charge in [0.1, 0.15) is 17.1 Å². The number of aryl methyl sites for hydroxylation is 1. The number of aromatic hydroxyl groups is 1. The molecule has 0 aliphatic rings. The number of allylic oxidation sites excluding steroid dienone is 1. The van der Waals surface area contributed by atoms with Crippen LogP contribution in [0.4, 0.5) is 0 Å². The quantitative estimate of drug-likeness (QED) is 0.162. The van der Waals surface area contributed by atoms with Crippen molar-refractivity contribution < 1.29 is 28.6 Å². The molecule has 0 saturated heterocycles. The molecule has 2 unspecified atom stereocenters. The number of hydrogen-bond acceptors (Lipinski definition) is 9. The van der Waals surface area contributed by atoms with Gasteiger partial charge in [0.2, 0.25) is 0 Å². The Bertz CT molecular complexity index is 1010. The zero-order valence-corrected chi connectivity index (χ0v) is 24.7. The maximum atomic E-state index is 12.1. The first-order valence-electron chi connectivity index (χ1n) is 13.1. The summed E-state index contributed by atoms with van der Waals surface area (Å²) in [6, 6.07) is 5.75. The van der Waals surface area contributed by atoms with Crippen LogP contribution in [0.1, 0.15) is 92.1 Å². The maximum Gasteiger partial charge on any atom is 0.350 e. The van der Waals surface area contributed by atoms with E-state index in [-0.39, 0.29) is 28.9 Å². The minimum Gasteiger partial charge on any atom is -0.507 e. The normalized spacial score (nSPS) is 12.0. The van der Waals surface area contributed by atoms with Gasteiger partial charge in [-0.15, -0.1) is 11.3 Å². The lowest BCUT2D eigenvalue weighted by molar-refractivity contribution is -0.126. The SMILES string of the molecule is CCC(C)C(=O)c1c(O)cc(C(C)CC/C=C/NC)oc1=O.CCCOCc1ccc(CC)s1.COC=O. The number of hydrogen-bond donors (Lipinski definition) is 2. The fraction of sp³-hybridized carbons (Fsp3) is 0.552. The van der Waals surface area contributed by atoms with Crippen molar-refractivity contribution in [2.45, 2.75) is 79.2 Å². The van der Waals surface area contributed by atoms with Gasteiger partial charge < -0.3 is 24.3 Å². The Labute approximate surface area is 231 Å². The average Bonchev–Trinajstić information content (AvgIpc) is 3.38. The molecule has 0 aromatic carbocycles. The molecule has 0 aliphatic heterocycles. The molecule has 0 spiro atoms. The van der Waals surface area contributed by atoms with E-state index < -0.39 is 5.63 Å². The Hall–Kier alpha value is -2.91. The van der Waals surface area contributed by atoms with Gasteiger partial charge in [-0.05, 0) is 50.4 Å². The predicted molar refractivity (Wildman–Crippen MR) is 153 cm³/mol. The van der Waals surface area contributed by atoms with Crippen molar-refractivity contribution in [2.24, 2.45) is 5.92 Å². The van der Waals surface area contributed by atoms with Crippen LogP contribution in [0.3, 0.4) is 0 Å². The number of nitrogens with one attached hydrogen (secondary N) is 1. The molecule has 2 N–H and O–H groups in total. The second-order valence-electron chi connectivity index (χ2n) is 8.65. The molecular weight excluding hydrogens is 506 g/mol. The summed E-state index contributed by atoms with van der Waals surface area (Å²) in [6.07, 6.45) is 8.26. The predicted octanol–water partition coefficient (Wildman–Crippen LogP) is 6.22. The third-order valence-corrected chi connectivity index (χ3v) is 6.75. The number of carbonyl (C=O) groups is 2. The molecule has 9 heteroatoms. The van der Waals surface area contributed by atoms with Gasteiger partial charge in [-0.3, -0.25) is 9.59 Å². The summed E-state index contributed by atoms with van der Waals surface area (Å²) in [7, 11) is 3.14. The molecule has 2 atom stereocenters. The Kier molecular flexibility index (Phi) is 19.5. The number of ether oxygens (including phenoxy) is 2. The van der Waals surface area contributed by atoms with Gasteiger partial charge in [0, 0.05) is 41.3 Å². The Balaban J connectivity index is 0.000000712. The van der Waals surface area contributed by atoms with Crippen LogP contribution in [0.15, 0.2) is 39.7 Å². The van der Waals surface area contributed by atoms with Crippen molar-refractivity contribution in [1.29, 1.82) is 0 Å².